The average Bonchev–Trinajstić information content (AvgIpc) is 2.94. The fourth-order valence-corrected chi connectivity index (χ4v) is 5.06. The van der Waals surface area contributed by atoms with E-state index < -0.39 is 18.2 Å². The van der Waals surface area contributed by atoms with Crippen LogP contribution in [0.1, 0.15) is 168 Å². The van der Waals surface area contributed by atoms with Crippen LogP contribution >= 0.6 is 0 Å². The van der Waals surface area contributed by atoms with E-state index in [9.17, 15) is 20.1 Å². The molecule has 236 valence electrons. The van der Waals surface area contributed by atoms with Crippen molar-refractivity contribution in [2.45, 2.75) is 186 Å². The molecule has 0 spiro atoms. The van der Waals surface area contributed by atoms with Gasteiger partial charge in [0.25, 0.3) is 0 Å². The molecule has 0 fully saturated rings. The highest BCUT2D eigenvalue weighted by molar-refractivity contribution is 5.76. The minimum absolute atomic E-state index is 0.00855. The summed E-state index contributed by atoms with van der Waals surface area (Å²) in [7, 11) is 0. The highest BCUT2D eigenvalue weighted by Gasteiger charge is 2.20. The molecule has 40 heavy (non-hydrogen) atoms. The molecule has 1 amide bonds. The average molecular weight is 566 g/mol. The van der Waals surface area contributed by atoms with Gasteiger partial charge in [-0.15, -0.1) is 0 Å². The van der Waals surface area contributed by atoms with Gasteiger partial charge >= 0.3 is 0 Å². The lowest BCUT2D eigenvalue weighted by Gasteiger charge is -2.21. The van der Waals surface area contributed by atoms with Crippen molar-refractivity contribution < 1.29 is 20.1 Å². The van der Waals surface area contributed by atoms with Gasteiger partial charge in [0.2, 0.25) is 5.91 Å². The Bertz CT molecular complexity index is 592. The molecule has 0 aromatic heterocycles. The minimum atomic E-state index is -0.945. The number of carbonyl (C=O) groups excluding carboxylic acids is 1. The van der Waals surface area contributed by atoms with Gasteiger partial charge in [-0.25, -0.2) is 0 Å². The van der Waals surface area contributed by atoms with Crippen molar-refractivity contribution >= 4 is 5.91 Å². The van der Waals surface area contributed by atoms with E-state index in [2.05, 4.69) is 31.3 Å². The van der Waals surface area contributed by atoms with Crippen LogP contribution in [0.25, 0.3) is 0 Å². The number of aliphatic hydroxyl groups excluding tert-OH is 3. The van der Waals surface area contributed by atoms with Crippen molar-refractivity contribution in [1.29, 1.82) is 0 Å². The molecule has 0 saturated heterocycles. The molecule has 3 atom stereocenters. The molecule has 0 rings (SSSR count). The Morgan fingerprint density at radius 2 is 1.07 bits per heavy atom. The Morgan fingerprint density at radius 3 is 1.60 bits per heavy atom. The summed E-state index contributed by atoms with van der Waals surface area (Å²) in [6, 6.07) is -0.754. The van der Waals surface area contributed by atoms with Crippen LogP contribution in [-0.2, 0) is 4.79 Å². The maximum atomic E-state index is 12.3. The van der Waals surface area contributed by atoms with Gasteiger partial charge in [-0.2, -0.15) is 0 Å². The Kier molecular flexibility index (Phi) is 29.9. The first-order chi connectivity index (χ1) is 19.5. The largest absolute Gasteiger partial charge is 0.394 e. The van der Waals surface area contributed by atoms with E-state index >= 15 is 0 Å². The lowest BCUT2D eigenvalue weighted by molar-refractivity contribution is -0.124. The van der Waals surface area contributed by atoms with Gasteiger partial charge in [-0.1, -0.05) is 154 Å². The number of hydrogen-bond donors (Lipinski definition) is 4. The van der Waals surface area contributed by atoms with Crippen molar-refractivity contribution in [2.75, 3.05) is 6.61 Å². The summed E-state index contributed by atoms with van der Waals surface area (Å²) < 4.78 is 0. The molecule has 0 aromatic carbocycles. The van der Waals surface area contributed by atoms with Gasteiger partial charge in [0.05, 0.1) is 31.3 Å². The van der Waals surface area contributed by atoms with Gasteiger partial charge in [-0.05, 0) is 32.1 Å². The van der Waals surface area contributed by atoms with Crippen molar-refractivity contribution in [1.82, 2.24) is 5.32 Å². The van der Waals surface area contributed by atoms with Crippen LogP contribution in [0.15, 0.2) is 24.3 Å². The van der Waals surface area contributed by atoms with E-state index in [4.69, 9.17) is 0 Å². The summed E-state index contributed by atoms with van der Waals surface area (Å²) in [5.74, 6) is -0.328. The van der Waals surface area contributed by atoms with E-state index in [1.807, 2.05) is 6.08 Å². The topological polar surface area (TPSA) is 89.8 Å². The molecule has 0 heterocycles. The second-order valence-electron chi connectivity index (χ2n) is 11.8. The van der Waals surface area contributed by atoms with Crippen molar-refractivity contribution in [3.8, 4) is 0 Å². The minimum Gasteiger partial charge on any atom is -0.394 e. The molecule has 0 aliphatic rings. The zero-order valence-corrected chi connectivity index (χ0v) is 26.5. The third-order valence-electron chi connectivity index (χ3n) is 7.74. The quantitative estimate of drug-likeness (QED) is 0.0518. The van der Waals surface area contributed by atoms with Crippen LogP contribution < -0.4 is 5.32 Å². The summed E-state index contributed by atoms with van der Waals surface area (Å²) in [5.41, 5.74) is 0. The number of allylic oxidation sites excluding steroid dienone is 3. The zero-order valence-electron chi connectivity index (χ0n) is 26.5. The first kappa shape index (κ1) is 38.8. The van der Waals surface area contributed by atoms with Gasteiger partial charge in [0.15, 0.2) is 0 Å². The summed E-state index contributed by atoms with van der Waals surface area (Å²) in [4.78, 5) is 12.3. The highest BCUT2D eigenvalue weighted by atomic mass is 16.3. The lowest BCUT2D eigenvalue weighted by Crippen LogP contribution is -2.45. The lowest BCUT2D eigenvalue weighted by atomic mass is 10.0. The molecule has 5 nitrogen and oxygen atoms in total. The van der Waals surface area contributed by atoms with Crippen LogP contribution in [0.4, 0.5) is 0 Å². The van der Waals surface area contributed by atoms with Crippen LogP contribution in [0.3, 0.4) is 0 Å². The Labute approximate surface area is 248 Å². The molecule has 0 radical (unpaired) electrons. The fourth-order valence-electron chi connectivity index (χ4n) is 5.06. The first-order valence-corrected chi connectivity index (χ1v) is 17.1. The summed E-state index contributed by atoms with van der Waals surface area (Å²) in [6.45, 7) is 4.15. The maximum Gasteiger partial charge on any atom is 0.222 e. The van der Waals surface area contributed by atoms with Crippen molar-refractivity contribution in [3.05, 3.63) is 24.3 Å². The molecule has 0 bridgehead atoms. The van der Waals surface area contributed by atoms with Crippen molar-refractivity contribution in [2.24, 2.45) is 0 Å². The molecule has 0 aliphatic heterocycles. The number of unbranched alkanes of at least 4 members (excludes halogenated alkanes) is 19. The number of carbonyl (C=O) groups is 1. The molecule has 3 unspecified atom stereocenters. The summed E-state index contributed by atoms with van der Waals surface area (Å²) in [6.07, 6.45) is 34.4. The first-order valence-electron chi connectivity index (χ1n) is 17.1. The van der Waals surface area contributed by atoms with Gasteiger partial charge in [0.1, 0.15) is 0 Å². The van der Waals surface area contributed by atoms with Gasteiger partial charge < -0.3 is 20.6 Å². The molecule has 4 N–H and O–H groups in total. The molecule has 5 heteroatoms. The molecular formula is C35H67NO4. The normalized spacial score (nSPS) is 14.2. The maximum absolute atomic E-state index is 12.3. The molecule has 0 aromatic rings. The van der Waals surface area contributed by atoms with Crippen LogP contribution in [-0.4, -0.2) is 46.1 Å². The zero-order chi connectivity index (χ0) is 29.5. The van der Waals surface area contributed by atoms with Crippen LogP contribution in [0.5, 0.6) is 0 Å². The van der Waals surface area contributed by atoms with E-state index in [-0.39, 0.29) is 18.9 Å². The van der Waals surface area contributed by atoms with E-state index in [0.717, 1.165) is 32.1 Å². The van der Waals surface area contributed by atoms with Crippen molar-refractivity contribution in [3.63, 3.8) is 0 Å². The summed E-state index contributed by atoms with van der Waals surface area (Å²) >= 11 is 0. The van der Waals surface area contributed by atoms with Gasteiger partial charge in [-0.3, -0.25) is 4.79 Å². The standard InChI is InChI=1S/C35H67NO4/c1-3-5-7-9-11-13-15-16-17-19-20-22-24-26-28-32(38)30-35(40)36-33(31-37)34(39)29-27-25-23-21-18-14-12-10-8-6-4-2/h18,21,27,29,32-34,37-39H,3-17,19-20,22-26,28,30-31H2,1-2H3,(H,36,40)/b21-18+,29-27+. The second-order valence-corrected chi connectivity index (χ2v) is 11.8. The highest BCUT2D eigenvalue weighted by Crippen LogP contribution is 2.14. The molecule has 0 saturated carbocycles. The fraction of sp³-hybridized carbons (Fsp3) is 0.857. The third kappa shape index (κ3) is 27.0. The van der Waals surface area contributed by atoms with E-state index in [1.54, 1.807) is 6.08 Å². The van der Waals surface area contributed by atoms with E-state index in [1.165, 1.54) is 109 Å². The van der Waals surface area contributed by atoms with Crippen LogP contribution in [0, 0.1) is 0 Å². The third-order valence-corrected chi connectivity index (χ3v) is 7.74. The second kappa shape index (κ2) is 30.8. The molecular weight excluding hydrogens is 498 g/mol. The summed E-state index contributed by atoms with van der Waals surface area (Å²) in [5, 5.41) is 32.9. The Morgan fingerprint density at radius 1 is 0.625 bits per heavy atom. The monoisotopic (exact) mass is 566 g/mol. The SMILES string of the molecule is CCCCCCC/C=C/CC/C=C/C(O)C(CO)NC(=O)CC(O)CCCCCCCCCCCCCCCC. The smallest absolute Gasteiger partial charge is 0.222 e. The van der Waals surface area contributed by atoms with E-state index in [0.29, 0.717) is 6.42 Å². The number of hydrogen-bond acceptors (Lipinski definition) is 4. The molecule has 0 aliphatic carbocycles. The number of amides is 1. The Balaban J connectivity index is 3.78. The van der Waals surface area contributed by atoms with Gasteiger partial charge in [0, 0.05) is 0 Å². The predicted molar refractivity (Wildman–Crippen MR) is 171 cm³/mol. The number of rotatable bonds is 30. The predicted octanol–water partition coefficient (Wildman–Crippen LogP) is 8.70. The Hall–Kier alpha value is -1.17. The number of aliphatic hydroxyl groups is 3. The van der Waals surface area contributed by atoms with Crippen LogP contribution in [0.2, 0.25) is 0 Å². The number of nitrogens with one attached hydrogen (secondary N) is 1.